The van der Waals surface area contributed by atoms with Gasteiger partial charge in [0.05, 0.1) is 6.61 Å². The van der Waals surface area contributed by atoms with Gasteiger partial charge >= 0.3 is 0 Å². The van der Waals surface area contributed by atoms with Gasteiger partial charge in [-0.15, -0.1) is 0 Å². The van der Waals surface area contributed by atoms with E-state index >= 15 is 0 Å². The molecule has 4 atom stereocenters. The van der Waals surface area contributed by atoms with Crippen LogP contribution in [0, 0.1) is 18.8 Å². The van der Waals surface area contributed by atoms with Crippen LogP contribution in [0.2, 0.25) is 0 Å². The Morgan fingerprint density at radius 2 is 1.75 bits per heavy atom. The van der Waals surface area contributed by atoms with E-state index in [2.05, 4.69) is 33.9 Å². The molecule has 5 amide bonds. The first-order valence-electron chi connectivity index (χ1n) is 18.6. The van der Waals surface area contributed by atoms with Crippen molar-refractivity contribution in [2.45, 2.75) is 101 Å². The van der Waals surface area contributed by atoms with Gasteiger partial charge in [0, 0.05) is 38.5 Å². The van der Waals surface area contributed by atoms with E-state index in [1.807, 2.05) is 55.5 Å². The number of carbonyl (C=O) groups is 5. The monoisotopic (exact) mass is 719 g/mol. The highest BCUT2D eigenvalue weighted by molar-refractivity contribution is 7.82. The zero-order chi connectivity index (χ0) is 36.2. The molecule has 276 valence electrons. The molecule has 4 bridgehead atoms. The summed E-state index contributed by atoms with van der Waals surface area (Å²) in [5, 5.41) is 10.3. The molecule has 2 aromatic carbocycles. The van der Waals surface area contributed by atoms with Crippen LogP contribution in [0.4, 0.5) is 0 Å². The van der Waals surface area contributed by atoms with Crippen LogP contribution >= 0.6 is 12.6 Å². The van der Waals surface area contributed by atoms with Crippen molar-refractivity contribution in [3.05, 3.63) is 65.2 Å². The average Bonchev–Trinajstić information content (AvgIpc) is 3.15. The Kier molecular flexibility index (Phi) is 14.2. The molecule has 0 aromatic heterocycles. The molecule has 2 unspecified atom stereocenters. The highest BCUT2D eigenvalue weighted by atomic mass is 32.1. The summed E-state index contributed by atoms with van der Waals surface area (Å²) in [5.41, 5.74) is 2.90. The number of thiol groups is 1. The SMILES string of the molecule is Cc1ccc2cc1CNC(=O)[C@H](CCc1ccccc1)NC(=O)[C@@H](NC(=O)CCNC(=O)C1CCCCC1)C(S)C(=O)N1CCCC(CCO2)C1. The van der Waals surface area contributed by atoms with Crippen LogP contribution in [-0.4, -0.2) is 78.0 Å². The van der Waals surface area contributed by atoms with Gasteiger partial charge in [-0.3, -0.25) is 24.0 Å². The normalized spacial score (nSPS) is 23.9. The van der Waals surface area contributed by atoms with E-state index in [1.165, 1.54) is 0 Å². The van der Waals surface area contributed by atoms with Gasteiger partial charge in [-0.25, -0.2) is 0 Å². The number of benzene rings is 2. The van der Waals surface area contributed by atoms with Crippen LogP contribution < -0.4 is 26.0 Å². The molecule has 2 aliphatic heterocycles. The molecule has 3 aliphatic rings. The van der Waals surface area contributed by atoms with Crippen molar-refractivity contribution in [1.82, 2.24) is 26.2 Å². The maximum atomic E-state index is 14.1. The van der Waals surface area contributed by atoms with Crippen LogP contribution in [-0.2, 0) is 36.9 Å². The van der Waals surface area contributed by atoms with E-state index in [-0.39, 0.29) is 55.5 Å². The molecule has 2 fully saturated rings. The van der Waals surface area contributed by atoms with Crippen LogP contribution in [0.1, 0.15) is 80.9 Å². The molecule has 51 heavy (non-hydrogen) atoms. The fraction of sp³-hybridized carbons (Fsp3) is 0.564. The summed E-state index contributed by atoms with van der Waals surface area (Å²) in [6, 6.07) is 13.2. The van der Waals surface area contributed by atoms with Gasteiger partial charge in [0.2, 0.25) is 29.5 Å². The molecule has 12 heteroatoms. The van der Waals surface area contributed by atoms with Crippen LogP contribution in [0.3, 0.4) is 0 Å². The zero-order valence-electron chi connectivity index (χ0n) is 29.7. The van der Waals surface area contributed by atoms with Gasteiger partial charge in [0.15, 0.2) is 0 Å². The lowest BCUT2D eigenvalue weighted by molar-refractivity contribution is -0.137. The predicted octanol–water partition coefficient (Wildman–Crippen LogP) is 3.62. The minimum Gasteiger partial charge on any atom is -0.494 e. The average molecular weight is 720 g/mol. The molecule has 0 radical (unpaired) electrons. The highest BCUT2D eigenvalue weighted by Gasteiger charge is 2.38. The summed E-state index contributed by atoms with van der Waals surface area (Å²) in [7, 11) is 0. The third-order valence-corrected chi connectivity index (χ3v) is 10.9. The molecule has 11 nitrogen and oxygen atoms in total. The number of nitrogens with one attached hydrogen (secondary N) is 4. The third-order valence-electron chi connectivity index (χ3n) is 10.4. The Balaban J connectivity index is 1.35. The summed E-state index contributed by atoms with van der Waals surface area (Å²) in [5.74, 6) is -1.08. The first kappa shape index (κ1) is 38.2. The number of hydrogen-bond donors (Lipinski definition) is 5. The second-order valence-corrected chi connectivity index (χ2v) is 14.7. The summed E-state index contributed by atoms with van der Waals surface area (Å²) in [6.07, 6.45) is 8.10. The Labute approximate surface area is 306 Å². The molecule has 1 aliphatic carbocycles. The van der Waals surface area contributed by atoms with Crippen molar-refractivity contribution in [3.8, 4) is 5.75 Å². The number of piperidine rings is 1. The number of amides is 5. The summed E-state index contributed by atoms with van der Waals surface area (Å²) < 4.78 is 6.12. The van der Waals surface area contributed by atoms with Crippen molar-refractivity contribution < 1.29 is 28.7 Å². The van der Waals surface area contributed by atoms with Crippen LogP contribution in [0.15, 0.2) is 48.5 Å². The van der Waals surface area contributed by atoms with E-state index < -0.39 is 29.1 Å². The molecule has 2 heterocycles. The topological polar surface area (TPSA) is 146 Å². The molecular formula is C39H53N5O6S. The lowest BCUT2D eigenvalue weighted by Crippen LogP contribution is -2.60. The van der Waals surface area contributed by atoms with Crippen molar-refractivity contribution in [2.75, 3.05) is 26.2 Å². The van der Waals surface area contributed by atoms with E-state index in [4.69, 9.17) is 4.74 Å². The minimum absolute atomic E-state index is 0.0412. The summed E-state index contributed by atoms with van der Waals surface area (Å²) in [6.45, 7) is 3.81. The lowest BCUT2D eigenvalue weighted by atomic mass is 9.89. The first-order chi connectivity index (χ1) is 24.7. The minimum atomic E-state index is -1.35. The van der Waals surface area contributed by atoms with E-state index in [0.29, 0.717) is 31.9 Å². The van der Waals surface area contributed by atoms with Crippen molar-refractivity contribution in [3.63, 3.8) is 0 Å². The molecule has 5 rings (SSSR count). The number of nitrogens with zero attached hydrogens (tertiary/aromatic N) is 1. The smallest absolute Gasteiger partial charge is 0.244 e. The molecule has 0 spiro atoms. The summed E-state index contributed by atoms with van der Waals surface area (Å²) in [4.78, 5) is 69.5. The second-order valence-electron chi connectivity index (χ2n) is 14.2. The number of rotatable bonds is 8. The van der Waals surface area contributed by atoms with Crippen molar-refractivity contribution >= 4 is 42.2 Å². The Morgan fingerprint density at radius 1 is 0.961 bits per heavy atom. The summed E-state index contributed by atoms with van der Waals surface area (Å²) >= 11 is 4.66. The fourth-order valence-corrected chi connectivity index (χ4v) is 7.61. The van der Waals surface area contributed by atoms with Crippen LogP contribution in [0.5, 0.6) is 5.75 Å². The lowest BCUT2D eigenvalue weighted by Gasteiger charge is -2.36. The first-order valence-corrected chi connectivity index (χ1v) is 19.1. The van der Waals surface area contributed by atoms with E-state index in [0.717, 1.165) is 68.1 Å². The number of fused-ring (bicyclic) bond motifs is 4. The molecule has 1 saturated heterocycles. The number of ether oxygens (including phenoxy) is 1. The van der Waals surface area contributed by atoms with Crippen molar-refractivity contribution in [2.24, 2.45) is 11.8 Å². The Bertz CT molecular complexity index is 1520. The molecule has 4 N–H and O–H groups in total. The predicted molar refractivity (Wildman–Crippen MR) is 198 cm³/mol. The Hall–Kier alpha value is -4.06. The molecule has 2 aromatic rings. The fourth-order valence-electron chi connectivity index (χ4n) is 7.24. The van der Waals surface area contributed by atoms with Gasteiger partial charge < -0.3 is 30.9 Å². The van der Waals surface area contributed by atoms with E-state index in [9.17, 15) is 24.0 Å². The molecule has 1 saturated carbocycles. The van der Waals surface area contributed by atoms with Gasteiger partial charge in [-0.1, -0.05) is 55.7 Å². The second kappa shape index (κ2) is 19.0. The van der Waals surface area contributed by atoms with Gasteiger partial charge in [0.1, 0.15) is 23.1 Å². The standard InChI is InChI=1S/C39H53N5O6S/c1-26-14-16-31-23-30(26)24-41-37(47)32(17-15-27-9-4-2-5-10-27)42-38(48)34(35(51)39(49)44-21-8-11-28(25-44)19-22-50-31)43-33(45)18-20-40-36(46)29-12-6-3-7-13-29/h2,4-5,9-10,14,16,23,28-29,32,34-35,51H,3,6-8,11-13,15,17-22,24-25H2,1H3,(H,40,46)(H,41,47)(H,42,48)(H,43,45)/t28?,32-,34-,35?/m0/s1. The maximum Gasteiger partial charge on any atom is 0.244 e. The van der Waals surface area contributed by atoms with Gasteiger partial charge in [0.25, 0.3) is 0 Å². The van der Waals surface area contributed by atoms with Gasteiger partial charge in [-0.05, 0) is 86.6 Å². The maximum absolute atomic E-state index is 14.1. The highest BCUT2D eigenvalue weighted by Crippen LogP contribution is 2.25. The zero-order valence-corrected chi connectivity index (χ0v) is 30.6. The number of aryl methyl sites for hydroxylation is 2. The molecular weight excluding hydrogens is 667 g/mol. The largest absolute Gasteiger partial charge is 0.494 e. The van der Waals surface area contributed by atoms with Crippen molar-refractivity contribution in [1.29, 1.82) is 0 Å². The number of hydrogen-bond acceptors (Lipinski definition) is 7. The quantitative estimate of drug-likeness (QED) is 0.264. The van der Waals surface area contributed by atoms with Crippen LogP contribution in [0.25, 0.3) is 0 Å². The third kappa shape index (κ3) is 11.2. The number of carbonyl (C=O) groups excluding carboxylic acids is 5. The Morgan fingerprint density at radius 3 is 2.53 bits per heavy atom. The van der Waals surface area contributed by atoms with Gasteiger partial charge in [-0.2, -0.15) is 12.6 Å². The van der Waals surface area contributed by atoms with E-state index in [1.54, 1.807) is 4.90 Å².